The van der Waals surface area contributed by atoms with Crippen molar-refractivity contribution >= 4 is 11.8 Å². The first-order valence-electron chi connectivity index (χ1n) is 32.5. The van der Waals surface area contributed by atoms with E-state index in [1.54, 1.807) is 24.3 Å². The van der Waals surface area contributed by atoms with Gasteiger partial charge in [0, 0.05) is 0 Å². The predicted octanol–water partition coefficient (Wildman–Crippen LogP) is 14.6. The van der Waals surface area contributed by atoms with Crippen molar-refractivity contribution in [1.29, 1.82) is 0 Å². The van der Waals surface area contributed by atoms with Crippen molar-refractivity contribution in [3.63, 3.8) is 0 Å². The van der Waals surface area contributed by atoms with Gasteiger partial charge in [-0.25, -0.2) is 0 Å². The van der Waals surface area contributed by atoms with E-state index >= 15 is 0 Å². The van der Waals surface area contributed by atoms with Gasteiger partial charge in [-0.05, 0) is 182 Å². The van der Waals surface area contributed by atoms with Crippen molar-refractivity contribution in [2.45, 2.75) is 220 Å². The Bertz CT molecular complexity index is 2880. The van der Waals surface area contributed by atoms with Crippen LogP contribution in [-0.4, -0.2) is 89.8 Å². The van der Waals surface area contributed by atoms with Gasteiger partial charge in [0.25, 0.3) is 11.8 Å². The summed E-state index contributed by atoms with van der Waals surface area (Å²) in [5.41, 5.74) is 5.37. The van der Waals surface area contributed by atoms with Crippen LogP contribution in [0.25, 0.3) is 0 Å². The maximum Gasteiger partial charge on any atom is 0.262 e. The minimum atomic E-state index is -1.23. The average molecular weight is 1150 g/mol. The molecule has 1 N–H and O–H groups in total. The van der Waals surface area contributed by atoms with Crippen molar-refractivity contribution in [2.75, 3.05) is 13.2 Å². The minimum Gasteiger partial charge on any atom is -0.390 e. The largest absolute Gasteiger partial charge is 0.390 e. The number of aliphatic hydroxyl groups is 1. The summed E-state index contributed by atoms with van der Waals surface area (Å²) in [5, 5.41) is 12.4. The maximum absolute atomic E-state index is 14.8. The molecule has 0 radical (unpaired) electrons. The molecule has 3 heterocycles. The number of benzene rings is 4. The topological polar surface area (TPSA) is 122 Å². The van der Waals surface area contributed by atoms with Crippen molar-refractivity contribution in [3.05, 3.63) is 143 Å². The van der Waals surface area contributed by atoms with E-state index in [2.05, 4.69) is 48.5 Å². The standard InChI is InChI=1S/C73H97NO10/c1-47(51-34-39-70(6)54(51)35-40-72(8)59(70)32-33-60-71(7)38-21-37-68(2,3)58(71)36-41-73(60,72)9)30-31-55(75)62-57(83-69(4,5)84-62)46-81-67-61(74-65(76)52-28-19-20-29-53(52)66(74)77)64(80-44-50-26-17-12-18-27-50)63(79-43-49-24-15-11-16-25-49)56(82-67)45-78-42-48-22-13-10-14-23-48/h10-20,22-29,47,51,54-64,67,75H,21,30-46H2,1-9H3/t47?,51-,54+,55-,56-,57+,58+,59-,60-,61-,62-,63-,64-,67-,70+,71+,72-,73-/m1/s1. The molecule has 7 fully saturated rings. The van der Waals surface area contributed by atoms with Gasteiger partial charge in [-0.2, -0.15) is 0 Å². The number of rotatable bonds is 19. The summed E-state index contributed by atoms with van der Waals surface area (Å²) in [5.74, 6) is 2.18. The van der Waals surface area contributed by atoms with Gasteiger partial charge in [0.05, 0.1) is 50.3 Å². The van der Waals surface area contributed by atoms with Gasteiger partial charge in [-0.3, -0.25) is 14.5 Å². The van der Waals surface area contributed by atoms with Crippen molar-refractivity contribution in [2.24, 2.45) is 62.6 Å². The van der Waals surface area contributed by atoms with E-state index in [9.17, 15) is 14.7 Å². The molecular formula is C73H97NO10. The van der Waals surface area contributed by atoms with Crippen LogP contribution in [0.4, 0.5) is 0 Å². The molecule has 0 aromatic heterocycles. The smallest absolute Gasteiger partial charge is 0.262 e. The number of amides is 2. The zero-order valence-corrected chi connectivity index (χ0v) is 51.8. The lowest BCUT2D eigenvalue weighted by molar-refractivity contribution is -0.303. The summed E-state index contributed by atoms with van der Waals surface area (Å²) in [6.07, 6.45) is 10.3. The molecule has 8 aliphatic rings. The zero-order valence-electron chi connectivity index (χ0n) is 51.8. The summed E-state index contributed by atoms with van der Waals surface area (Å²) >= 11 is 0. The molecule has 4 aromatic carbocycles. The van der Waals surface area contributed by atoms with E-state index in [1.165, 1.54) is 75.5 Å². The Balaban J connectivity index is 0.773. The Kier molecular flexibility index (Phi) is 16.9. The van der Waals surface area contributed by atoms with Crippen LogP contribution in [0.3, 0.4) is 0 Å². The number of nitrogens with zero attached hydrogens (tertiary/aromatic N) is 1. The fraction of sp³-hybridized carbons (Fsp3) is 0.644. The van der Waals surface area contributed by atoms with Gasteiger partial charge < -0.3 is 38.3 Å². The number of ether oxygens (including phenoxy) is 7. The van der Waals surface area contributed by atoms with Crippen LogP contribution < -0.4 is 0 Å². The number of carbonyl (C=O) groups excluding carboxylic acids is 2. The third-order valence-corrected chi connectivity index (χ3v) is 24.1. The SMILES string of the molecule is CC(CC[C@@H](O)[C@H]1OC(C)(C)O[C@H]1CO[C@@H]1O[C@H](COCc2ccccc2)[C@@H](OCc2ccccc2)[C@H](OCc2ccccc2)[C@H]1N1C(=O)c2ccccc2C1=O)[C@H]1CC[C@]2(C)[C@H]3CC[C@@H]4[C@@]5(C)CCCC(C)(C)[C@@H]5CC[C@@]4(C)[C@]3(C)CC[C@@H]12. The van der Waals surface area contributed by atoms with Gasteiger partial charge in [-0.15, -0.1) is 0 Å². The molecule has 454 valence electrons. The minimum absolute atomic E-state index is 0.0653. The predicted molar refractivity (Wildman–Crippen MR) is 324 cm³/mol. The van der Waals surface area contributed by atoms with Gasteiger partial charge in [-0.1, -0.05) is 158 Å². The molecule has 2 amide bonds. The molecule has 0 spiro atoms. The second-order valence-corrected chi connectivity index (χ2v) is 29.5. The Hall–Kier alpha value is -4.30. The van der Waals surface area contributed by atoms with Crippen LogP contribution in [0, 0.1) is 62.6 Å². The number of carbonyl (C=O) groups is 2. The van der Waals surface area contributed by atoms with E-state index in [1.807, 2.05) is 105 Å². The molecule has 5 saturated carbocycles. The molecule has 1 unspecified atom stereocenters. The fourth-order valence-corrected chi connectivity index (χ4v) is 20.0. The van der Waals surface area contributed by atoms with Crippen molar-refractivity contribution < 1.29 is 47.9 Å². The Labute approximate surface area is 501 Å². The molecule has 4 aromatic rings. The molecule has 84 heavy (non-hydrogen) atoms. The second kappa shape index (κ2) is 23.7. The monoisotopic (exact) mass is 1150 g/mol. The highest BCUT2D eigenvalue weighted by Gasteiger charge is 2.70. The summed E-state index contributed by atoms with van der Waals surface area (Å²) in [6.45, 7) is 23.1. The number of hydrogen-bond acceptors (Lipinski definition) is 10. The number of imide groups is 1. The van der Waals surface area contributed by atoms with Gasteiger partial charge in [0.1, 0.15) is 36.6 Å². The Morgan fingerprint density at radius 2 is 1.12 bits per heavy atom. The molecular weight excluding hydrogens is 1050 g/mol. The molecule has 2 saturated heterocycles. The summed E-state index contributed by atoms with van der Waals surface area (Å²) < 4.78 is 47.7. The number of fused-ring (bicyclic) bond motifs is 8. The first-order valence-corrected chi connectivity index (χ1v) is 32.5. The molecule has 11 heteroatoms. The highest BCUT2D eigenvalue weighted by molar-refractivity contribution is 6.21. The zero-order chi connectivity index (χ0) is 58.8. The molecule has 12 rings (SSSR count). The normalized spacial score (nSPS) is 38.3. The Morgan fingerprint density at radius 1 is 0.560 bits per heavy atom. The van der Waals surface area contributed by atoms with E-state index in [4.69, 9.17) is 33.2 Å². The van der Waals surface area contributed by atoms with Crippen LogP contribution in [0.1, 0.15) is 183 Å². The van der Waals surface area contributed by atoms with Gasteiger partial charge in [0.2, 0.25) is 0 Å². The third kappa shape index (κ3) is 10.9. The van der Waals surface area contributed by atoms with Gasteiger partial charge >= 0.3 is 0 Å². The highest BCUT2D eigenvalue weighted by atomic mass is 16.8. The van der Waals surface area contributed by atoms with E-state index in [0.29, 0.717) is 69.0 Å². The van der Waals surface area contributed by atoms with E-state index in [-0.39, 0.29) is 26.4 Å². The third-order valence-electron chi connectivity index (χ3n) is 24.1. The van der Waals surface area contributed by atoms with Gasteiger partial charge in [0.15, 0.2) is 12.1 Å². The first-order chi connectivity index (χ1) is 40.2. The lowest BCUT2D eigenvalue weighted by Gasteiger charge is -2.73. The van der Waals surface area contributed by atoms with Crippen molar-refractivity contribution in [1.82, 2.24) is 4.90 Å². The summed E-state index contributed by atoms with van der Waals surface area (Å²) in [7, 11) is 0. The molecule has 0 bridgehead atoms. The first kappa shape index (κ1) is 60.0. The lowest BCUT2D eigenvalue weighted by atomic mass is 9.32. The van der Waals surface area contributed by atoms with Crippen LogP contribution >= 0.6 is 0 Å². The molecule has 11 nitrogen and oxygen atoms in total. The van der Waals surface area contributed by atoms with Crippen molar-refractivity contribution in [3.8, 4) is 0 Å². The van der Waals surface area contributed by atoms with Crippen LogP contribution in [0.5, 0.6) is 0 Å². The highest BCUT2D eigenvalue weighted by Crippen LogP contribution is 2.78. The summed E-state index contributed by atoms with van der Waals surface area (Å²) in [4.78, 5) is 30.8. The second-order valence-electron chi connectivity index (χ2n) is 29.5. The van der Waals surface area contributed by atoms with Crippen LogP contribution in [-0.2, 0) is 53.0 Å². The van der Waals surface area contributed by atoms with E-state index in [0.717, 1.165) is 40.9 Å². The molecule has 5 aliphatic carbocycles. The molecule has 18 atom stereocenters. The number of aliphatic hydroxyl groups excluding tert-OH is 1. The van der Waals surface area contributed by atoms with Crippen LogP contribution in [0.15, 0.2) is 115 Å². The maximum atomic E-state index is 14.8. The summed E-state index contributed by atoms with van der Waals surface area (Å²) in [6, 6.07) is 35.4. The lowest BCUT2D eigenvalue weighted by Crippen LogP contribution is -2.67. The fourth-order valence-electron chi connectivity index (χ4n) is 20.0. The molecule has 3 aliphatic heterocycles. The Morgan fingerprint density at radius 3 is 1.74 bits per heavy atom. The van der Waals surface area contributed by atoms with Crippen LogP contribution in [0.2, 0.25) is 0 Å². The quantitative estimate of drug-likeness (QED) is 0.0908. The average Bonchev–Trinajstić information content (AvgIpc) is 0.924. The number of hydrogen-bond donors (Lipinski definition) is 1. The van der Waals surface area contributed by atoms with E-state index < -0.39 is 66.6 Å².